The first kappa shape index (κ1) is 18.6. The Morgan fingerprint density at radius 1 is 1.10 bits per heavy atom. The number of ether oxygens (including phenoxy) is 2. The number of halogens is 2. The highest BCUT2D eigenvalue weighted by Gasteiger charge is 2.09. The third-order valence-electron chi connectivity index (χ3n) is 3.52. The number of nitrogens with one attached hydrogen (secondary N) is 1. The maximum absolute atomic E-state index is 6.26. The van der Waals surface area contributed by atoms with Crippen LogP contribution in [0.2, 0.25) is 10.0 Å². The van der Waals surface area contributed by atoms with E-state index in [9.17, 15) is 0 Å². The van der Waals surface area contributed by atoms with Crippen LogP contribution < -0.4 is 10.1 Å². The van der Waals surface area contributed by atoms with Gasteiger partial charge in [0.15, 0.2) is 0 Å². The van der Waals surface area contributed by atoms with Crippen molar-refractivity contribution in [3.05, 3.63) is 27.7 Å². The minimum absolute atomic E-state index is 0.616. The van der Waals surface area contributed by atoms with Gasteiger partial charge in [-0.05, 0) is 43.4 Å². The van der Waals surface area contributed by atoms with Gasteiger partial charge in [0.05, 0.1) is 18.7 Å². The van der Waals surface area contributed by atoms with Crippen LogP contribution in [0.4, 0.5) is 0 Å². The molecule has 120 valence electrons. The molecule has 0 aliphatic rings. The molecule has 5 heteroatoms. The molecule has 21 heavy (non-hydrogen) atoms. The van der Waals surface area contributed by atoms with E-state index < -0.39 is 0 Å². The second kappa shape index (κ2) is 10.3. The fourth-order valence-electron chi connectivity index (χ4n) is 2.11. The van der Waals surface area contributed by atoms with E-state index in [1.807, 2.05) is 6.07 Å². The van der Waals surface area contributed by atoms with E-state index in [1.54, 1.807) is 20.3 Å². The fraction of sp³-hybridized carbons (Fsp3) is 0.625. The second-order valence-corrected chi connectivity index (χ2v) is 6.07. The number of hydrogen-bond donors (Lipinski definition) is 1. The molecule has 1 aromatic rings. The minimum Gasteiger partial charge on any atom is -0.495 e. The summed E-state index contributed by atoms with van der Waals surface area (Å²) in [4.78, 5) is 0. The highest BCUT2D eigenvalue weighted by molar-refractivity contribution is 6.34. The molecule has 0 bridgehead atoms. The third kappa shape index (κ3) is 6.88. The summed E-state index contributed by atoms with van der Waals surface area (Å²) in [6, 6.07) is 3.70. The Hall–Kier alpha value is -0.480. The van der Waals surface area contributed by atoms with Gasteiger partial charge < -0.3 is 14.8 Å². The van der Waals surface area contributed by atoms with E-state index in [4.69, 9.17) is 32.7 Å². The Balaban J connectivity index is 2.36. The molecule has 0 spiro atoms. The Morgan fingerprint density at radius 2 is 1.86 bits per heavy atom. The average Bonchev–Trinajstić information content (AvgIpc) is 2.47. The highest BCUT2D eigenvalue weighted by Crippen LogP contribution is 2.32. The molecule has 0 radical (unpaired) electrons. The summed E-state index contributed by atoms with van der Waals surface area (Å²) in [6.45, 7) is 4.94. The number of rotatable bonds is 10. The molecule has 1 rings (SSSR count). The van der Waals surface area contributed by atoms with Crippen molar-refractivity contribution in [3.63, 3.8) is 0 Å². The monoisotopic (exact) mass is 333 g/mol. The summed E-state index contributed by atoms with van der Waals surface area (Å²) < 4.78 is 10.2. The number of aryl methyl sites for hydroxylation is 1. The Bertz CT molecular complexity index is 427. The predicted octanol–water partition coefficient (Wildman–Crippen LogP) is 4.20. The maximum Gasteiger partial charge on any atom is 0.138 e. The van der Waals surface area contributed by atoms with Crippen LogP contribution in [0.1, 0.15) is 25.3 Å². The van der Waals surface area contributed by atoms with Crippen molar-refractivity contribution < 1.29 is 9.47 Å². The van der Waals surface area contributed by atoms with Gasteiger partial charge in [0, 0.05) is 24.7 Å². The molecule has 1 N–H and O–H groups in total. The predicted molar refractivity (Wildman–Crippen MR) is 89.9 cm³/mol. The van der Waals surface area contributed by atoms with Gasteiger partial charge in [0.2, 0.25) is 0 Å². The van der Waals surface area contributed by atoms with Crippen LogP contribution in [0, 0.1) is 5.92 Å². The molecule has 1 aromatic carbocycles. The summed E-state index contributed by atoms with van der Waals surface area (Å²) in [5.74, 6) is 1.26. The van der Waals surface area contributed by atoms with Crippen LogP contribution in [-0.2, 0) is 11.2 Å². The van der Waals surface area contributed by atoms with Gasteiger partial charge >= 0.3 is 0 Å². The summed E-state index contributed by atoms with van der Waals surface area (Å²) >= 11 is 12.4. The van der Waals surface area contributed by atoms with Gasteiger partial charge in [-0.1, -0.05) is 30.1 Å². The third-order valence-corrected chi connectivity index (χ3v) is 4.17. The standard InChI is InChI=1S/C16H25Cl2NO2/c1-12(6-7-19-8-9-20-2)4-5-13-10-15(18)16(21-3)11-14(13)17/h10-12,19H,4-9H2,1-3H3. The van der Waals surface area contributed by atoms with E-state index in [1.165, 1.54) is 0 Å². The lowest BCUT2D eigenvalue weighted by atomic mass is 9.98. The minimum atomic E-state index is 0.616. The first-order valence-corrected chi connectivity index (χ1v) is 8.05. The van der Waals surface area contributed by atoms with Crippen molar-refractivity contribution in [2.75, 3.05) is 33.9 Å². The van der Waals surface area contributed by atoms with Crippen LogP contribution in [0.5, 0.6) is 5.75 Å². The molecule has 0 aromatic heterocycles. The van der Waals surface area contributed by atoms with Gasteiger partial charge in [-0.25, -0.2) is 0 Å². The lowest BCUT2D eigenvalue weighted by Gasteiger charge is -2.13. The summed E-state index contributed by atoms with van der Waals surface area (Å²) in [5.41, 5.74) is 1.08. The quantitative estimate of drug-likeness (QED) is 0.651. The molecule has 3 nitrogen and oxygen atoms in total. The molecule has 1 unspecified atom stereocenters. The largest absolute Gasteiger partial charge is 0.495 e. The molecule has 0 fully saturated rings. The van der Waals surface area contributed by atoms with E-state index >= 15 is 0 Å². The van der Waals surface area contributed by atoms with Crippen LogP contribution in [0.15, 0.2) is 12.1 Å². The molecule has 0 saturated carbocycles. The zero-order chi connectivity index (χ0) is 15.7. The van der Waals surface area contributed by atoms with Crippen molar-refractivity contribution in [1.82, 2.24) is 5.32 Å². The van der Waals surface area contributed by atoms with Crippen molar-refractivity contribution in [2.24, 2.45) is 5.92 Å². The first-order chi connectivity index (χ1) is 10.1. The van der Waals surface area contributed by atoms with E-state index in [2.05, 4.69) is 12.2 Å². The van der Waals surface area contributed by atoms with Crippen LogP contribution >= 0.6 is 23.2 Å². The maximum atomic E-state index is 6.26. The van der Waals surface area contributed by atoms with Gasteiger partial charge in [0.25, 0.3) is 0 Å². The molecule has 0 saturated heterocycles. The first-order valence-electron chi connectivity index (χ1n) is 7.30. The molecule has 0 amide bonds. The van der Waals surface area contributed by atoms with Crippen molar-refractivity contribution in [2.45, 2.75) is 26.2 Å². The van der Waals surface area contributed by atoms with Crippen molar-refractivity contribution >= 4 is 23.2 Å². The molecule has 0 aliphatic heterocycles. The Morgan fingerprint density at radius 3 is 2.52 bits per heavy atom. The van der Waals surface area contributed by atoms with Gasteiger partial charge in [0.1, 0.15) is 5.75 Å². The molecule has 0 heterocycles. The van der Waals surface area contributed by atoms with Crippen LogP contribution in [0.3, 0.4) is 0 Å². The Kier molecular flexibility index (Phi) is 9.09. The summed E-state index contributed by atoms with van der Waals surface area (Å²) in [6.07, 6.45) is 3.17. The van der Waals surface area contributed by atoms with Crippen molar-refractivity contribution in [3.8, 4) is 5.75 Å². The zero-order valence-corrected chi connectivity index (χ0v) is 14.6. The normalized spacial score (nSPS) is 12.4. The average molecular weight is 334 g/mol. The number of methoxy groups -OCH3 is 2. The van der Waals surface area contributed by atoms with Crippen molar-refractivity contribution in [1.29, 1.82) is 0 Å². The van der Waals surface area contributed by atoms with Gasteiger partial charge in [-0.3, -0.25) is 0 Å². The summed E-state index contributed by atoms with van der Waals surface area (Å²) in [5, 5.41) is 4.70. The lowest BCUT2D eigenvalue weighted by molar-refractivity contribution is 0.199. The lowest BCUT2D eigenvalue weighted by Crippen LogP contribution is -2.21. The second-order valence-electron chi connectivity index (χ2n) is 5.25. The highest BCUT2D eigenvalue weighted by atomic mass is 35.5. The molecular formula is C16H25Cl2NO2. The Labute approximate surface area is 137 Å². The van der Waals surface area contributed by atoms with Gasteiger partial charge in [-0.15, -0.1) is 0 Å². The summed E-state index contributed by atoms with van der Waals surface area (Å²) in [7, 11) is 3.31. The van der Waals surface area contributed by atoms with Crippen LogP contribution in [0.25, 0.3) is 0 Å². The fourth-order valence-corrected chi connectivity index (χ4v) is 2.62. The number of hydrogen-bond acceptors (Lipinski definition) is 3. The SMILES string of the molecule is COCCNCCC(C)CCc1cc(Cl)c(OC)cc1Cl. The zero-order valence-electron chi connectivity index (χ0n) is 13.0. The van der Waals surface area contributed by atoms with E-state index in [0.717, 1.165) is 49.5 Å². The number of benzene rings is 1. The van der Waals surface area contributed by atoms with E-state index in [-0.39, 0.29) is 0 Å². The van der Waals surface area contributed by atoms with Gasteiger partial charge in [-0.2, -0.15) is 0 Å². The topological polar surface area (TPSA) is 30.5 Å². The molecular weight excluding hydrogens is 309 g/mol. The van der Waals surface area contributed by atoms with E-state index in [0.29, 0.717) is 16.7 Å². The molecule has 1 atom stereocenters. The smallest absolute Gasteiger partial charge is 0.138 e. The molecule has 0 aliphatic carbocycles. The van der Waals surface area contributed by atoms with Crippen LogP contribution in [-0.4, -0.2) is 33.9 Å².